The van der Waals surface area contributed by atoms with Crippen molar-refractivity contribution in [2.45, 2.75) is 27.2 Å². The summed E-state index contributed by atoms with van der Waals surface area (Å²) >= 11 is 0. The molecule has 0 bridgehead atoms. The van der Waals surface area contributed by atoms with Crippen LogP contribution in [-0.4, -0.2) is 0 Å². The third kappa shape index (κ3) is 5.70. The van der Waals surface area contributed by atoms with Crippen molar-refractivity contribution in [3.8, 4) is 0 Å². The summed E-state index contributed by atoms with van der Waals surface area (Å²) in [6.45, 7) is 10.00. The molecule has 110 valence electrons. The monoisotopic (exact) mass is 279 g/mol. The summed E-state index contributed by atoms with van der Waals surface area (Å²) in [6, 6.07) is 20.5. The lowest BCUT2D eigenvalue weighted by molar-refractivity contribution is 1.18. The SMILES string of the molecule is C=C(C)/C(N)=C(\CC)c1ccccc1.Cc1ccccc1. The van der Waals surface area contributed by atoms with Crippen molar-refractivity contribution in [1.29, 1.82) is 0 Å². The zero-order chi connectivity index (χ0) is 15.7. The smallest absolute Gasteiger partial charge is 0.0376 e. The first-order chi connectivity index (χ1) is 10.1. The van der Waals surface area contributed by atoms with Crippen molar-refractivity contribution in [3.05, 3.63) is 89.6 Å². The van der Waals surface area contributed by atoms with E-state index in [0.717, 1.165) is 17.7 Å². The van der Waals surface area contributed by atoms with Crippen LogP contribution in [0.3, 0.4) is 0 Å². The second kappa shape index (κ2) is 8.80. The molecule has 0 fully saturated rings. The zero-order valence-corrected chi connectivity index (χ0v) is 13.3. The highest BCUT2D eigenvalue weighted by molar-refractivity contribution is 5.70. The minimum Gasteiger partial charge on any atom is -0.398 e. The Morgan fingerprint density at radius 3 is 1.76 bits per heavy atom. The third-order valence-electron chi connectivity index (χ3n) is 3.20. The van der Waals surface area contributed by atoms with Gasteiger partial charge in [-0.1, -0.05) is 79.7 Å². The molecule has 2 rings (SSSR count). The lowest BCUT2D eigenvalue weighted by atomic mass is 9.99. The van der Waals surface area contributed by atoms with Crippen LogP contribution in [0.15, 0.2) is 78.5 Å². The van der Waals surface area contributed by atoms with Gasteiger partial charge in [0.15, 0.2) is 0 Å². The molecule has 0 unspecified atom stereocenters. The topological polar surface area (TPSA) is 26.0 Å². The van der Waals surface area contributed by atoms with E-state index in [1.807, 2.05) is 43.3 Å². The van der Waals surface area contributed by atoms with E-state index in [1.54, 1.807) is 0 Å². The number of nitrogens with two attached hydrogens (primary N) is 1. The van der Waals surface area contributed by atoms with Crippen LogP contribution in [0, 0.1) is 6.92 Å². The molecule has 0 aromatic heterocycles. The normalized spacial score (nSPS) is 11.0. The summed E-state index contributed by atoms with van der Waals surface area (Å²) in [7, 11) is 0. The molecule has 0 heterocycles. The van der Waals surface area contributed by atoms with Crippen molar-refractivity contribution in [2.24, 2.45) is 5.73 Å². The van der Waals surface area contributed by atoms with Crippen LogP contribution >= 0.6 is 0 Å². The van der Waals surface area contributed by atoms with Gasteiger partial charge in [-0.25, -0.2) is 0 Å². The number of benzene rings is 2. The van der Waals surface area contributed by atoms with Crippen LogP contribution in [0.2, 0.25) is 0 Å². The first-order valence-corrected chi connectivity index (χ1v) is 7.27. The third-order valence-corrected chi connectivity index (χ3v) is 3.20. The molecule has 0 amide bonds. The maximum absolute atomic E-state index is 5.98. The fraction of sp³-hybridized carbons (Fsp3) is 0.200. The number of allylic oxidation sites excluding steroid dienone is 2. The van der Waals surface area contributed by atoms with Crippen LogP contribution in [0.4, 0.5) is 0 Å². The number of rotatable bonds is 3. The van der Waals surface area contributed by atoms with E-state index in [9.17, 15) is 0 Å². The van der Waals surface area contributed by atoms with E-state index < -0.39 is 0 Å². The summed E-state index contributed by atoms with van der Waals surface area (Å²) < 4.78 is 0. The van der Waals surface area contributed by atoms with Gasteiger partial charge in [0.1, 0.15) is 0 Å². The zero-order valence-electron chi connectivity index (χ0n) is 13.3. The van der Waals surface area contributed by atoms with E-state index in [-0.39, 0.29) is 0 Å². The summed E-state index contributed by atoms with van der Waals surface area (Å²) in [5, 5.41) is 0. The van der Waals surface area contributed by atoms with Gasteiger partial charge >= 0.3 is 0 Å². The van der Waals surface area contributed by atoms with Crippen LogP contribution < -0.4 is 5.73 Å². The quantitative estimate of drug-likeness (QED) is 0.754. The Morgan fingerprint density at radius 1 is 0.952 bits per heavy atom. The van der Waals surface area contributed by atoms with E-state index in [1.165, 1.54) is 16.7 Å². The molecule has 1 nitrogen and oxygen atoms in total. The molecule has 0 spiro atoms. The average Bonchev–Trinajstić information content (AvgIpc) is 2.50. The van der Waals surface area contributed by atoms with Crippen molar-refractivity contribution in [2.75, 3.05) is 0 Å². The van der Waals surface area contributed by atoms with Crippen molar-refractivity contribution >= 4 is 5.57 Å². The molecule has 0 atom stereocenters. The summed E-state index contributed by atoms with van der Waals surface area (Å²) in [4.78, 5) is 0. The molecule has 2 aromatic rings. The predicted octanol–water partition coefficient (Wildman–Crippen LogP) is 5.34. The van der Waals surface area contributed by atoms with Crippen molar-refractivity contribution in [1.82, 2.24) is 0 Å². The van der Waals surface area contributed by atoms with E-state index >= 15 is 0 Å². The largest absolute Gasteiger partial charge is 0.398 e. The number of hydrogen-bond donors (Lipinski definition) is 1. The molecule has 2 N–H and O–H groups in total. The molecule has 0 aliphatic carbocycles. The molecule has 0 aliphatic heterocycles. The van der Waals surface area contributed by atoms with Crippen molar-refractivity contribution in [3.63, 3.8) is 0 Å². The number of aryl methyl sites for hydroxylation is 1. The Kier molecular flexibility index (Phi) is 7.03. The average molecular weight is 279 g/mol. The van der Waals surface area contributed by atoms with Gasteiger partial charge < -0.3 is 5.73 Å². The highest BCUT2D eigenvalue weighted by Gasteiger charge is 2.04. The Hall–Kier alpha value is -2.28. The summed E-state index contributed by atoms with van der Waals surface area (Å²) in [5.74, 6) is 0. The van der Waals surface area contributed by atoms with Gasteiger partial charge in [-0.2, -0.15) is 0 Å². The van der Waals surface area contributed by atoms with E-state index in [2.05, 4.69) is 44.7 Å². The van der Waals surface area contributed by atoms with Crippen LogP contribution in [0.25, 0.3) is 5.57 Å². The van der Waals surface area contributed by atoms with Gasteiger partial charge in [0.05, 0.1) is 0 Å². The number of hydrogen-bond acceptors (Lipinski definition) is 1. The van der Waals surface area contributed by atoms with E-state index in [4.69, 9.17) is 5.73 Å². The Labute approximate surface area is 128 Å². The summed E-state index contributed by atoms with van der Waals surface area (Å²) in [5.41, 5.74) is 11.4. The van der Waals surface area contributed by atoms with Gasteiger partial charge in [-0.15, -0.1) is 0 Å². The second-order valence-corrected chi connectivity index (χ2v) is 5.05. The molecular weight excluding hydrogens is 254 g/mol. The van der Waals surface area contributed by atoms with Gasteiger partial charge in [0.2, 0.25) is 0 Å². The molecule has 2 aromatic carbocycles. The fourth-order valence-electron chi connectivity index (χ4n) is 1.98. The Bertz CT molecular complexity index is 580. The highest BCUT2D eigenvalue weighted by atomic mass is 14.6. The predicted molar refractivity (Wildman–Crippen MR) is 93.8 cm³/mol. The van der Waals surface area contributed by atoms with Crippen LogP contribution in [-0.2, 0) is 0 Å². The molecule has 1 heteroatoms. The molecule has 0 radical (unpaired) electrons. The minimum atomic E-state index is 0.818. The van der Waals surface area contributed by atoms with E-state index in [0.29, 0.717) is 0 Å². The Morgan fingerprint density at radius 2 is 1.43 bits per heavy atom. The van der Waals surface area contributed by atoms with Gasteiger partial charge in [-0.05, 0) is 37.0 Å². The molecule has 0 aliphatic rings. The first-order valence-electron chi connectivity index (χ1n) is 7.27. The maximum Gasteiger partial charge on any atom is 0.0376 e. The van der Waals surface area contributed by atoms with Gasteiger partial charge in [0, 0.05) is 5.70 Å². The van der Waals surface area contributed by atoms with Crippen LogP contribution in [0.1, 0.15) is 31.4 Å². The van der Waals surface area contributed by atoms with Crippen LogP contribution in [0.5, 0.6) is 0 Å². The fourth-order valence-corrected chi connectivity index (χ4v) is 1.98. The lowest BCUT2D eigenvalue weighted by Gasteiger charge is -2.10. The maximum atomic E-state index is 5.98. The van der Waals surface area contributed by atoms with Crippen molar-refractivity contribution < 1.29 is 0 Å². The molecule has 21 heavy (non-hydrogen) atoms. The van der Waals surface area contributed by atoms with Gasteiger partial charge in [0.25, 0.3) is 0 Å². The van der Waals surface area contributed by atoms with Gasteiger partial charge in [-0.3, -0.25) is 0 Å². The first kappa shape index (κ1) is 16.8. The minimum absolute atomic E-state index is 0.818. The molecule has 0 saturated heterocycles. The lowest BCUT2D eigenvalue weighted by Crippen LogP contribution is -2.02. The Balaban J connectivity index is 0.000000262. The second-order valence-electron chi connectivity index (χ2n) is 5.05. The molecule has 0 saturated carbocycles. The molecular formula is C20H25N. The standard InChI is InChI=1S/C13H17N.C7H8/c1-4-12(13(14)10(2)3)11-8-6-5-7-9-11;1-7-5-3-2-4-6-7/h5-9H,2,4,14H2,1,3H3;2-6H,1H3/b13-12-;. The highest BCUT2D eigenvalue weighted by Crippen LogP contribution is 2.22. The summed E-state index contributed by atoms with van der Waals surface area (Å²) in [6.07, 6.45) is 0.933.